The van der Waals surface area contributed by atoms with Crippen LogP contribution in [-0.4, -0.2) is 48.9 Å². The third-order valence-electron chi connectivity index (χ3n) is 5.61. The molecule has 0 aliphatic heterocycles. The number of hydrogen-bond acceptors (Lipinski definition) is 4. The van der Waals surface area contributed by atoms with Gasteiger partial charge in [0.2, 0.25) is 11.8 Å². The Bertz CT molecular complexity index is 870. The van der Waals surface area contributed by atoms with Crippen LogP contribution in [0.5, 0.6) is 0 Å². The molecule has 7 nitrogen and oxygen atoms in total. The molecule has 170 valence electrons. The standard InChI is InChI=1S/C23H33N5O2.HI/c1-5-24-22(26-16-23(12-6-7-13-23)21(29)28(3)4)25-14-19-15-30-20(27-19)18-10-8-17(2)9-11-18;/h8-11,15H,5-7,12-14,16H2,1-4H3,(H2,24,25,26);1H. The van der Waals surface area contributed by atoms with Gasteiger partial charge < -0.3 is 20.0 Å². The lowest BCUT2D eigenvalue weighted by molar-refractivity contribution is -0.138. The summed E-state index contributed by atoms with van der Waals surface area (Å²) < 4.78 is 5.63. The number of benzene rings is 1. The van der Waals surface area contributed by atoms with E-state index < -0.39 is 0 Å². The molecule has 1 saturated carbocycles. The topological polar surface area (TPSA) is 82.8 Å². The average molecular weight is 539 g/mol. The Hall–Kier alpha value is -2.10. The van der Waals surface area contributed by atoms with Gasteiger partial charge >= 0.3 is 0 Å². The number of rotatable bonds is 7. The summed E-state index contributed by atoms with van der Waals surface area (Å²) in [6, 6.07) is 8.09. The zero-order valence-electron chi connectivity index (χ0n) is 18.9. The molecule has 0 unspecified atom stereocenters. The maximum absolute atomic E-state index is 12.8. The number of carbonyl (C=O) groups is 1. The Morgan fingerprint density at radius 1 is 1.19 bits per heavy atom. The van der Waals surface area contributed by atoms with Crippen LogP contribution in [0.4, 0.5) is 0 Å². The van der Waals surface area contributed by atoms with Crippen LogP contribution in [0.2, 0.25) is 0 Å². The molecule has 1 amide bonds. The predicted molar refractivity (Wildman–Crippen MR) is 135 cm³/mol. The molecule has 1 aromatic heterocycles. The molecular formula is C23H34IN5O2. The zero-order chi connectivity index (χ0) is 21.6. The van der Waals surface area contributed by atoms with Gasteiger partial charge in [0.1, 0.15) is 12.0 Å². The molecule has 3 rings (SSSR count). The number of halogens is 1. The van der Waals surface area contributed by atoms with Crippen LogP contribution < -0.4 is 10.6 Å². The Labute approximate surface area is 202 Å². The molecule has 2 N–H and O–H groups in total. The maximum Gasteiger partial charge on any atom is 0.230 e. The van der Waals surface area contributed by atoms with Gasteiger partial charge in [-0.05, 0) is 38.8 Å². The molecule has 8 heteroatoms. The highest BCUT2D eigenvalue weighted by molar-refractivity contribution is 14.0. The first-order valence-electron chi connectivity index (χ1n) is 10.7. The van der Waals surface area contributed by atoms with Crippen LogP contribution in [0, 0.1) is 12.3 Å². The number of nitrogens with one attached hydrogen (secondary N) is 2. The fourth-order valence-electron chi connectivity index (χ4n) is 3.96. The number of aliphatic imine (C=N–C) groups is 1. The Kier molecular flexibility index (Phi) is 9.33. The van der Waals surface area contributed by atoms with E-state index in [0.717, 1.165) is 43.5 Å². The second kappa shape index (κ2) is 11.5. The van der Waals surface area contributed by atoms with E-state index in [1.165, 1.54) is 5.56 Å². The summed E-state index contributed by atoms with van der Waals surface area (Å²) in [5.41, 5.74) is 2.57. The van der Waals surface area contributed by atoms with Crippen LogP contribution in [0.15, 0.2) is 39.9 Å². The third kappa shape index (κ3) is 6.44. The van der Waals surface area contributed by atoms with Crippen LogP contribution in [0.3, 0.4) is 0 Å². The van der Waals surface area contributed by atoms with E-state index in [1.807, 2.05) is 45.3 Å². The van der Waals surface area contributed by atoms with Gasteiger partial charge in [-0.3, -0.25) is 4.79 Å². The van der Waals surface area contributed by atoms with E-state index in [0.29, 0.717) is 24.9 Å². The zero-order valence-corrected chi connectivity index (χ0v) is 21.2. The fraction of sp³-hybridized carbons (Fsp3) is 0.522. The number of oxazole rings is 1. The van der Waals surface area contributed by atoms with Crippen LogP contribution in [-0.2, 0) is 11.3 Å². The van der Waals surface area contributed by atoms with Gasteiger partial charge in [-0.25, -0.2) is 9.98 Å². The predicted octanol–water partition coefficient (Wildman–Crippen LogP) is 3.97. The first-order chi connectivity index (χ1) is 14.4. The molecule has 0 bridgehead atoms. The highest BCUT2D eigenvalue weighted by Crippen LogP contribution is 2.38. The van der Waals surface area contributed by atoms with Crippen LogP contribution in [0.25, 0.3) is 11.5 Å². The molecule has 2 aromatic rings. The fourth-order valence-corrected chi connectivity index (χ4v) is 3.96. The Morgan fingerprint density at radius 2 is 1.87 bits per heavy atom. The highest BCUT2D eigenvalue weighted by atomic mass is 127. The molecule has 31 heavy (non-hydrogen) atoms. The van der Waals surface area contributed by atoms with Gasteiger partial charge in [-0.2, -0.15) is 0 Å². The number of aromatic nitrogens is 1. The minimum atomic E-state index is -0.341. The molecule has 1 aliphatic carbocycles. The molecule has 1 aliphatic rings. The first kappa shape index (κ1) is 25.2. The van der Waals surface area contributed by atoms with E-state index >= 15 is 0 Å². The largest absolute Gasteiger partial charge is 0.444 e. The molecule has 0 radical (unpaired) electrons. The van der Waals surface area contributed by atoms with Crippen molar-refractivity contribution < 1.29 is 9.21 Å². The van der Waals surface area contributed by atoms with Crippen molar-refractivity contribution in [3.05, 3.63) is 41.8 Å². The van der Waals surface area contributed by atoms with Crippen molar-refractivity contribution in [3.8, 4) is 11.5 Å². The average Bonchev–Trinajstić information content (AvgIpc) is 3.40. The number of aryl methyl sites for hydroxylation is 1. The molecule has 0 spiro atoms. The van der Waals surface area contributed by atoms with E-state index in [1.54, 1.807) is 11.2 Å². The van der Waals surface area contributed by atoms with E-state index in [9.17, 15) is 4.79 Å². The van der Waals surface area contributed by atoms with Crippen molar-refractivity contribution in [2.75, 3.05) is 27.2 Å². The summed E-state index contributed by atoms with van der Waals surface area (Å²) in [4.78, 5) is 23.7. The number of carbonyl (C=O) groups excluding carboxylic acids is 1. The highest BCUT2D eigenvalue weighted by Gasteiger charge is 2.42. The SMILES string of the molecule is CCNC(=NCc1coc(-c2ccc(C)cc2)n1)NCC1(C(=O)N(C)C)CCCC1.I. The van der Waals surface area contributed by atoms with Crippen LogP contribution in [0.1, 0.15) is 43.9 Å². The third-order valence-corrected chi connectivity index (χ3v) is 5.61. The van der Waals surface area contributed by atoms with Gasteiger partial charge in [0, 0.05) is 32.7 Å². The van der Waals surface area contributed by atoms with E-state index in [4.69, 9.17) is 4.42 Å². The first-order valence-corrected chi connectivity index (χ1v) is 10.7. The minimum Gasteiger partial charge on any atom is -0.444 e. The summed E-state index contributed by atoms with van der Waals surface area (Å²) >= 11 is 0. The van der Waals surface area contributed by atoms with Crippen LogP contribution >= 0.6 is 24.0 Å². The van der Waals surface area contributed by atoms with Crippen molar-refractivity contribution in [1.29, 1.82) is 0 Å². The summed E-state index contributed by atoms with van der Waals surface area (Å²) in [7, 11) is 3.66. The van der Waals surface area contributed by atoms with Crippen molar-refractivity contribution in [2.24, 2.45) is 10.4 Å². The summed E-state index contributed by atoms with van der Waals surface area (Å²) in [5, 5.41) is 6.65. The van der Waals surface area contributed by atoms with Crippen molar-refractivity contribution in [3.63, 3.8) is 0 Å². The molecule has 1 aromatic carbocycles. The Morgan fingerprint density at radius 3 is 2.48 bits per heavy atom. The second-order valence-electron chi connectivity index (χ2n) is 8.25. The lowest BCUT2D eigenvalue weighted by Crippen LogP contribution is -2.49. The number of hydrogen-bond donors (Lipinski definition) is 2. The van der Waals surface area contributed by atoms with E-state index in [2.05, 4.69) is 27.5 Å². The van der Waals surface area contributed by atoms with Gasteiger partial charge in [0.05, 0.1) is 12.0 Å². The molecule has 0 saturated heterocycles. The normalized spacial score (nSPS) is 15.3. The van der Waals surface area contributed by atoms with Crippen molar-refractivity contribution in [2.45, 2.75) is 46.1 Å². The smallest absolute Gasteiger partial charge is 0.230 e. The molecule has 0 atom stereocenters. The van der Waals surface area contributed by atoms with E-state index in [-0.39, 0.29) is 35.3 Å². The summed E-state index contributed by atoms with van der Waals surface area (Å²) in [6.07, 6.45) is 5.67. The van der Waals surface area contributed by atoms with Gasteiger partial charge in [-0.1, -0.05) is 30.5 Å². The molecule has 1 heterocycles. The van der Waals surface area contributed by atoms with Crippen molar-refractivity contribution in [1.82, 2.24) is 20.5 Å². The van der Waals surface area contributed by atoms with Gasteiger partial charge in [0.15, 0.2) is 5.96 Å². The number of nitrogens with zero attached hydrogens (tertiary/aromatic N) is 3. The molecule has 1 fully saturated rings. The number of guanidine groups is 1. The summed E-state index contributed by atoms with van der Waals surface area (Å²) in [6.45, 7) is 5.81. The minimum absolute atomic E-state index is 0. The van der Waals surface area contributed by atoms with Gasteiger partial charge in [-0.15, -0.1) is 24.0 Å². The Balaban J connectivity index is 0.00000341. The number of amides is 1. The quantitative estimate of drug-likeness (QED) is 0.316. The second-order valence-corrected chi connectivity index (χ2v) is 8.25. The monoisotopic (exact) mass is 539 g/mol. The summed E-state index contributed by atoms with van der Waals surface area (Å²) in [5.74, 6) is 1.48. The lowest BCUT2D eigenvalue weighted by atomic mass is 9.84. The molecular weight excluding hydrogens is 505 g/mol. The lowest BCUT2D eigenvalue weighted by Gasteiger charge is -2.31. The maximum atomic E-state index is 12.8. The van der Waals surface area contributed by atoms with Crippen molar-refractivity contribution >= 4 is 35.8 Å². The van der Waals surface area contributed by atoms with Gasteiger partial charge in [0.25, 0.3) is 0 Å².